The largest absolute Gasteiger partial charge is 0.491 e. The van der Waals surface area contributed by atoms with Crippen molar-refractivity contribution in [2.45, 2.75) is 31.4 Å². The summed E-state index contributed by atoms with van der Waals surface area (Å²) in [5.74, 6) is -0.238. The molecule has 0 aliphatic carbocycles. The summed E-state index contributed by atoms with van der Waals surface area (Å²) in [7, 11) is 0. The molecule has 0 spiro atoms. The summed E-state index contributed by atoms with van der Waals surface area (Å²) < 4.78 is 20.9. The van der Waals surface area contributed by atoms with Crippen LogP contribution in [-0.4, -0.2) is 46.9 Å². The maximum atomic E-state index is 6.59. The fourth-order valence-corrected chi connectivity index (χ4v) is 5.99. The number of halogens is 3. The minimum absolute atomic E-state index is 0.274. The zero-order valence-corrected chi connectivity index (χ0v) is 24.7. The van der Waals surface area contributed by atoms with Crippen molar-refractivity contribution in [1.82, 2.24) is 14.5 Å². The number of imidazole rings is 1. The van der Waals surface area contributed by atoms with E-state index in [1.165, 1.54) is 11.1 Å². The Morgan fingerprint density at radius 1 is 1.00 bits per heavy atom. The third-order valence-corrected chi connectivity index (χ3v) is 8.20. The highest BCUT2D eigenvalue weighted by atomic mass is 35.5. The van der Waals surface area contributed by atoms with Crippen molar-refractivity contribution in [1.29, 1.82) is 0 Å². The number of hydrogen-bond acceptors (Lipinski definition) is 5. The first-order chi connectivity index (χ1) is 20.0. The lowest BCUT2D eigenvalue weighted by Gasteiger charge is -2.30. The molecule has 2 aliphatic rings. The molecule has 0 bridgehead atoms. The summed E-state index contributed by atoms with van der Waals surface area (Å²) in [6.07, 6.45) is 10.4. The number of fused-ring (bicyclic) bond motifs is 1. The summed E-state index contributed by atoms with van der Waals surface area (Å²) in [6.45, 7) is 3.94. The van der Waals surface area contributed by atoms with Crippen LogP contribution in [-0.2, 0) is 34.8 Å². The van der Waals surface area contributed by atoms with E-state index in [0.29, 0.717) is 29.8 Å². The third kappa shape index (κ3) is 6.81. The van der Waals surface area contributed by atoms with Gasteiger partial charge in [-0.2, -0.15) is 0 Å². The van der Waals surface area contributed by atoms with Crippen LogP contribution in [0.15, 0.2) is 85.5 Å². The summed E-state index contributed by atoms with van der Waals surface area (Å²) in [4.78, 5) is 6.60. The molecular weight excluding hydrogens is 581 g/mol. The fraction of sp³-hybridized carbons (Fsp3) is 0.281. The molecule has 0 amide bonds. The van der Waals surface area contributed by atoms with E-state index >= 15 is 0 Å². The molecule has 0 radical (unpaired) electrons. The average Bonchev–Trinajstić information content (AvgIpc) is 3.63. The van der Waals surface area contributed by atoms with Gasteiger partial charge in [0.1, 0.15) is 18.5 Å². The van der Waals surface area contributed by atoms with Gasteiger partial charge in [-0.3, -0.25) is 4.90 Å². The van der Waals surface area contributed by atoms with Gasteiger partial charge in [0, 0.05) is 47.6 Å². The Labute approximate surface area is 255 Å². The van der Waals surface area contributed by atoms with Gasteiger partial charge >= 0.3 is 0 Å². The average molecular weight is 611 g/mol. The Bertz CT molecular complexity index is 1510. The molecular formula is C32H30Cl3N3O3. The molecule has 1 aromatic heterocycles. The number of nitrogens with zero attached hydrogens (tertiary/aromatic N) is 3. The van der Waals surface area contributed by atoms with Gasteiger partial charge in [-0.25, -0.2) is 4.98 Å². The summed E-state index contributed by atoms with van der Waals surface area (Å²) in [6, 6.07) is 19.6. The van der Waals surface area contributed by atoms with Crippen molar-refractivity contribution in [3.8, 4) is 5.75 Å². The van der Waals surface area contributed by atoms with Gasteiger partial charge in [0.2, 0.25) is 5.79 Å². The van der Waals surface area contributed by atoms with Crippen molar-refractivity contribution in [2.24, 2.45) is 0 Å². The van der Waals surface area contributed by atoms with E-state index in [2.05, 4.69) is 34.2 Å². The predicted octanol–water partition coefficient (Wildman–Crippen LogP) is 7.26. The van der Waals surface area contributed by atoms with Gasteiger partial charge in [-0.1, -0.05) is 71.2 Å². The van der Waals surface area contributed by atoms with Crippen molar-refractivity contribution < 1.29 is 14.2 Å². The number of benzene rings is 3. The second-order valence-corrected chi connectivity index (χ2v) is 11.6. The van der Waals surface area contributed by atoms with Crippen LogP contribution in [0.25, 0.3) is 6.08 Å². The molecule has 9 heteroatoms. The highest BCUT2D eigenvalue weighted by Crippen LogP contribution is 2.40. The van der Waals surface area contributed by atoms with Crippen LogP contribution in [0.3, 0.4) is 0 Å². The Morgan fingerprint density at radius 3 is 2.66 bits per heavy atom. The lowest BCUT2D eigenvalue weighted by atomic mass is 9.99. The van der Waals surface area contributed by atoms with Crippen LogP contribution in [0.5, 0.6) is 5.75 Å². The maximum Gasteiger partial charge on any atom is 0.215 e. The molecule has 0 N–H and O–H groups in total. The SMILES string of the molecule is Clc1ccc(/C=C/CN2CCc3cc(OCC4COC(Cn5ccnc5)(c5ccc(Cl)cc5Cl)O4)ccc3C2)cc1. The Morgan fingerprint density at radius 2 is 1.85 bits per heavy atom. The van der Waals surface area contributed by atoms with Crippen LogP contribution in [0.1, 0.15) is 22.3 Å². The lowest BCUT2D eigenvalue weighted by Crippen LogP contribution is -2.34. The van der Waals surface area contributed by atoms with E-state index in [-0.39, 0.29) is 6.10 Å². The van der Waals surface area contributed by atoms with Crippen molar-refractivity contribution in [3.05, 3.63) is 123 Å². The predicted molar refractivity (Wildman–Crippen MR) is 163 cm³/mol. The molecule has 2 atom stereocenters. The number of hydrogen-bond donors (Lipinski definition) is 0. The maximum absolute atomic E-state index is 6.59. The molecule has 2 aliphatic heterocycles. The third-order valence-electron chi connectivity index (χ3n) is 7.40. The number of rotatable bonds is 9. The first kappa shape index (κ1) is 28.3. The molecule has 1 fully saturated rings. The van der Waals surface area contributed by atoms with Crippen LogP contribution in [0, 0.1) is 0 Å². The summed E-state index contributed by atoms with van der Waals surface area (Å²) in [5.41, 5.74) is 4.54. The Hall–Kier alpha value is -2.84. The molecule has 212 valence electrons. The first-order valence-electron chi connectivity index (χ1n) is 13.6. The normalized spacial score (nSPS) is 20.9. The van der Waals surface area contributed by atoms with Crippen molar-refractivity contribution >= 4 is 40.9 Å². The lowest BCUT2D eigenvalue weighted by molar-refractivity contribution is -0.189. The molecule has 3 aromatic carbocycles. The number of aromatic nitrogens is 2. The second kappa shape index (κ2) is 12.6. The molecule has 41 heavy (non-hydrogen) atoms. The van der Waals surface area contributed by atoms with Crippen LogP contribution in [0.4, 0.5) is 0 Å². The molecule has 6 nitrogen and oxygen atoms in total. The van der Waals surface area contributed by atoms with Crippen molar-refractivity contribution in [3.63, 3.8) is 0 Å². The summed E-state index contributed by atoms with van der Waals surface area (Å²) >= 11 is 18.7. The van der Waals surface area contributed by atoms with E-state index in [1.807, 2.05) is 47.2 Å². The zero-order chi connectivity index (χ0) is 28.2. The molecule has 0 saturated carbocycles. The van der Waals surface area contributed by atoms with E-state index in [4.69, 9.17) is 49.0 Å². The fourth-order valence-electron chi connectivity index (χ4n) is 5.31. The zero-order valence-electron chi connectivity index (χ0n) is 22.4. The van der Waals surface area contributed by atoms with Gasteiger partial charge in [0.15, 0.2) is 0 Å². The standard InChI is InChI=1S/C32H30Cl3N3O3/c33-26-6-3-23(4-7-26)2-1-13-37-14-11-24-16-28(9-5-25(24)18-37)39-19-29-20-40-32(41-29,21-38-15-12-36-22-38)30-10-8-27(34)17-31(30)35/h1-10,12,15-17,22,29H,11,13-14,18-21H2/b2-1+. The smallest absolute Gasteiger partial charge is 0.215 e. The van der Waals surface area contributed by atoms with Gasteiger partial charge in [-0.05, 0) is 59.5 Å². The van der Waals surface area contributed by atoms with Crippen LogP contribution >= 0.6 is 34.8 Å². The minimum Gasteiger partial charge on any atom is -0.491 e. The van der Waals surface area contributed by atoms with Crippen LogP contribution in [0.2, 0.25) is 15.1 Å². The molecule has 1 saturated heterocycles. The monoisotopic (exact) mass is 609 g/mol. The highest BCUT2D eigenvalue weighted by Gasteiger charge is 2.45. The first-order valence-corrected chi connectivity index (χ1v) is 14.7. The molecule has 6 rings (SSSR count). The van der Waals surface area contributed by atoms with Gasteiger partial charge < -0.3 is 18.8 Å². The van der Waals surface area contributed by atoms with E-state index in [9.17, 15) is 0 Å². The van der Waals surface area contributed by atoms with E-state index in [0.717, 1.165) is 48.0 Å². The Balaban J connectivity index is 1.06. The molecule has 4 aromatic rings. The van der Waals surface area contributed by atoms with E-state index in [1.54, 1.807) is 24.7 Å². The Kier molecular flexibility index (Phi) is 8.68. The molecule has 3 heterocycles. The minimum atomic E-state index is -1.07. The number of ether oxygens (including phenoxy) is 3. The molecule has 2 unspecified atom stereocenters. The van der Waals surface area contributed by atoms with Crippen molar-refractivity contribution in [2.75, 3.05) is 26.3 Å². The quantitative estimate of drug-likeness (QED) is 0.200. The highest BCUT2D eigenvalue weighted by molar-refractivity contribution is 6.35. The topological polar surface area (TPSA) is 48.8 Å². The van der Waals surface area contributed by atoms with Crippen LogP contribution < -0.4 is 4.74 Å². The van der Waals surface area contributed by atoms with Gasteiger partial charge in [0.25, 0.3) is 0 Å². The van der Waals surface area contributed by atoms with Gasteiger partial charge in [-0.15, -0.1) is 0 Å². The second-order valence-electron chi connectivity index (χ2n) is 10.3. The van der Waals surface area contributed by atoms with Gasteiger partial charge in [0.05, 0.1) is 24.5 Å². The summed E-state index contributed by atoms with van der Waals surface area (Å²) in [5, 5.41) is 1.80. The van der Waals surface area contributed by atoms with E-state index < -0.39 is 5.79 Å².